The van der Waals surface area contributed by atoms with Crippen LogP contribution in [0.5, 0.6) is 0 Å². The molecule has 0 saturated carbocycles. The predicted octanol–water partition coefficient (Wildman–Crippen LogP) is 1.76. The molecule has 1 aliphatic heterocycles. The molecule has 42 heavy (non-hydrogen) atoms. The van der Waals surface area contributed by atoms with Crippen molar-refractivity contribution in [3.8, 4) is 0 Å². The second-order valence-corrected chi connectivity index (χ2v) is 12.8. The number of carbonyl (C=O) groups excluding carboxylic acids is 5. The van der Waals surface area contributed by atoms with Crippen LogP contribution < -0.4 is 15.7 Å². The van der Waals surface area contributed by atoms with Gasteiger partial charge in [0, 0.05) is 0 Å². The second kappa shape index (κ2) is 15.3. The number of carbonyl (C=O) groups is 6. The molecule has 3 amide bonds. The number of amides is 3. The number of hydroxylamine groups is 1. The van der Waals surface area contributed by atoms with Crippen LogP contribution in [0.25, 0.3) is 0 Å². The fraction of sp³-hybridized carbons (Fsp3) is 0.379. The molecule has 1 aliphatic rings. The maximum absolute atomic E-state index is 13.0. The number of rotatable bonds is 15. The maximum atomic E-state index is 13.0. The molecule has 224 valence electrons. The number of nitrogens with zero attached hydrogens (tertiary/aromatic N) is 1. The molecule has 0 bridgehead atoms. The number of carboxylic acids is 1. The number of hydrogen-bond donors (Lipinski definition) is 3. The van der Waals surface area contributed by atoms with Crippen LogP contribution in [0.4, 0.5) is 10.5 Å². The van der Waals surface area contributed by atoms with E-state index in [1.165, 1.54) is 6.92 Å². The van der Waals surface area contributed by atoms with Gasteiger partial charge in [0.05, 0.1) is 6.42 Å². The van der Waals surface area contributed by atoms with E-state index >= 15 is 0 Å². The summed E-state index contributed by atoms with van der Waals surface area (Å²) in [6.45, 7) is 4.39. The van der Waals surface area contributed by atoms with Gasteiger partial charge in [0.15, 0.2) is 0 Å². The number of ketones is 1. The zero-order valence-corrected chi connectivity index (χ0v) is 25.6. The smallest absolute Gasteiger partial charge is 0.272 e. The van der Waals surface area contributed by atoms with Crippen molar-refractivity contribution in [2.45, 2.75) is 57.0 Å². The quantitative estimate of drug-likeness (QED) is 0.245. The Bertz CT molecular complexity index is 1320. The summed E-state index contributed by atoms with van der Waals surface area (Å²) in [6.07, 6.45) is -0.630. The zero-order valence-electron chi connectivity index (χ0n) is 23.5. The molecular formula is C29H34AsN3O9. The minimum atomic E-state index is -1.55. The number of ether oxygens (including phenoxy) is 1. The summed E-state index contributed by atoms with van der Waals surface area (Å²) in [7, 11) is 0. The number of carboxylic acid groups (broad SMARTS) is 1. The minimum absolute atomic E-state index is 0.0928. The summed E-state index contributed by atoms with van der Waals surface area (Å²) in [4.78, 5) is 80.3. The van der Waals surface area contributed by atoms with Gasteiger partial charge in [-0.3, -0.25) is 4.79 Å². The first-order valence-electron chi connectivity index (χ1n) is 13.3. The SMILES string of the molecule is CC(NC(=O)C([AsH]C(=O)OCc1ccccc1)C(C)C)C(=O)NC(CC(=O)O)C(=O)CON1C(=O)Cc2ccccc21. The summed E-state index contributed by atoms with van der Waals surface area (Å²) < 4.78 is 4.22. The average molecular weight is 644 g/mol. The first-order chi connectivity index (χ1) is 20.0. The Balaban J connectivity index is 1.55. The average Bonchev–Trinajstić information content (AvgIpc) is 3.27. The van der Waals surface area contributed by atoms with Gasteiger partial charge in [-0.05, 0) is 11.6 Å². The van der Waals surface area contributed by atoms with Crippen molar-refractivity contribution >= 4 is 55.7 Å². The standard InChI is InChI=1S/C29H34AsN3O9/c1-17(2)26(30-29(40)41-15-19-9-5-4-6-10-19)28(39)31-18(3)27(38)32-21(14-25(36)37)23(34)16-42-33-22-12-8-7-11-20(22)13-24(33)35/h4-12,17-18,21,26,30H,13-16H2,1-3H3,(H,31,39)(H,32,38)(H,36,37). The van der Waals surface area contributed by atoms with Gasteiger partial charge in [0.1, 0.15) is 0 Å². The van der Waals surface area contributed by atoms with Gasteiger partial charge in [0.25, 0.3) is 0 Å². The number of Topliss-reactive ketones (excluding diaryl/α,β-unsaturated/α-hetero) is 1. The summed E-state index contributed by atoms with van der Waals surface area (Å²) in [5.74, 6) is -4.01. The number of anilines is 1. The molecule has 0 aromatic heterocycles. The molecule has 3 N–H and O–H groups in total. The molecule has 2 aromatic rings. The van der Waals surface area contributed by atoms with Gasteiger partial charge in [-0.1, -0.05) is 18.2 Å². The van der Waals surface area contributed by atoms with Crippen molar-refractivity contribution in [1.29, 1.82) is 0 Å². The molecule has 2 aromatic carbocycles. The minimum Gasteiger partial charge on any atom is -0.272 e. The Kier molecular flexibility index (Phi) is 11.8. The van der Waals surface area contributed by atoms with E-state index in [1.54, 1.807) is 38.1 Å². The van der Waals surface area contributed by atoms with Crippen molar-refractivity contribution in [2.24, 2.45) is 5.92 Å². The Morgan fingerprint density at radius 2 is 1.62 bits per heavy atom. The number of para-hydroxylation sites is 1. The van der Waals surface area contributed by atoms with Crippen LogP contribution in [-0.4, -0.2) is 73.8 Å². The first-order valence-corrected chi connectivity index (χ1v) is 15.6. The molecule has 13 heteroatoms. The number of fused-ring (bicyclic) bond motifs is 1. The van der Waals surface area contributed by atoms with E-state index in [-0.39, 0.29) is 24.9 Å². The molecule has 3 rings (SSSR count). The normalized spacial score (nSPS) is 14.8. The molecule has 0 saturated heterocycles. The van der Waals surface area contributed by atoms with Gasteiger partial charge in [0.2, 0.25) is 0 Å². The molecular weight excluding hydrogens is 609 g/mol. The van der Waals surface area contributed by atoms with Gasteiger partial charge in [-0.2, -0.15) is 0 Å². The van der Waals surface area contributed by atoms with Gasteiger partial charge in [-0.15, -0.1) is 0 Å². The van der Waals surface area contributed by atoms with E-state index in [2.05, 4.69) is 10.6 Å². The van der Waals surface area contributed by atoms with Crippen molar-refractivity contribution in [3.63, 3.8) is 0 Å². The fourth-order valence-corrected chi connectivity index (χ4v) is 6.12. The number of hydrogen-bond acceptors (Lipinski definition) is 8. The number of aliphatic carboxylic acids is 1. The van der Waals surface area contributed by atoms with Crippen LogP contribution in [0.1, 0.15) is 38.3 Å². The Morgan fingerprint density at radius 3 is 2.29 bits per heavy atom. The summed E-state index contributed by atoms with van der Waals surface area (Å²) in [5, 5.41) is 15.2. The third-order valence-corrected chi connectivity index (χ3v) is 9.78. The van der Waals surface area contributed by atoms with Crippen LogP contribution in [0, 0.1) is 5.92 Å². The van der Waals surface area contributed by atoms with Crippen LogP contribution in [-0.2, 0) is 46.6 Å². The van der Waals surface area contributed by atoms with E-state index in [9.17, 15) is 33.9 Å². The molecule has 0 aliphatic carbocycles. The molecule has 4 unspecified atom stereocenters. The Labute approximate surface area is 249 Å². The van der Waals surface area contributed by atoms with Crippen molar-refractivity contribution < 1.29 is 43.4 Å². The van der Waals surface area contributed by atoms with Crippen LogP contribution in [0.2, 0.25) is 4.71 Å². The van der Waals surface area contributed by atoms with Crippen LogP contribution in [0.3, 0.4) is 0 Å². The van der Waals surface area contributed by atoms with E-state index in [1.807, 2.05) is 30.3 Å². The third kappa shape index (κ3) is 9.25. The van der Waals surface area contributed by atoms with E-state index in [0.717, 1.165) is 16.2 Å². The van der Waals surface area contributed by atoms with Crippen molar-refractivity contribution in [1.82, 2.24) is 10.6 Å². The summed E-state index contributed by atoms with van der Waals surface area (Å²) in [6, 6.07) is 13.4. The van der Waals surface area contributed by atoms with Crippen LogP contribution >= 0.6 is 0 Å². The number of benzene rings is 2. The molecule has 0 fully saturated rings. The van der Waals surface area contributed by atoms with Gasteiger partial charge < -0.3 is 0 Å². The summed E-state index contributed by atoms with van der Waals surface area (Å²) >= 11 is -1.55. The molecule has 1 heterocycles. The second-order valence-electron chi connectivity index (χ2n) is 10.1. The molecule has 12 nitrogen and oxygen atoms in total. The van der Waals surface area contributed by atoms with E-state index in [0.29, 0.717) is 5.69 Å². The number of nitrogens with one attached hydrogen (secondary N) is 2. The topological polar surface area (TPSA) is 168 Å². The van der Waals surface area contributed by atoms with E-state index < -0.39 is 73.9 Å². The van der Waals surface area contributed by atoms with E-state index in [4.69, 9.17) is 9.57 Å². The molecule has 4 atom stereocenters. The molecule has 0 spiro atoms. The van der Waals surface area contributed by atoms with Crippen molar-refractivity contribution in [2.75, 3.05) is 11.7 Å². The van der Waals surface area contributed by atoms with Crippen LogP contribution in [0.15, 0.2) is 54.6 Å². The third-order valence-electron chi connectivity index (χ3n) is 6.39. The Morgan fingerprint density at radius 1 is 0.952 bits per heavy atom. The monoisotopic (exact) mass is 643 g/mol. The predicted molar refractivity (Wildman–Crippen MR) is 153 cm³/mol. The van der Waals surface area contributed by atoms with Crippen molar-refractivity contribution in [3.05, 3.63) is 65.7 Å². The first kappa shape index (κ1) is 32.5. The fourth-order valence-electron chi connectivity index (χ4n) is 4.11. The molecule has 0 radical (unpaired) electrons. The zero-order chi connectivity index (χ0) is 30.8. The Hall–Kier alpha value is -4.02. The van der Waals surface area contributed by atoms with Gasteiger partial charge >= 0.3 is 209 Å². The van der Waals surface area contributed by atoms with Gasteiger partial charge in [-0.25, -0.2) is 0 Å². The summed E-state index contributed by atoms with van der Waals surface area (Å²) in [5.41, 5.74) is 2.03.